The van der Waals surface area contributed by atoms with Crippen molar-refractivity contribution in [3.8, 4) is 0 Å². The van der Waals surface area contributed by atoms with Gasteiger partial charge in [-0.2, -0.15) is 0 Å². The van der Waals surface area contributed by atoms with E-state index < -0.39 is 5.60 Å². The van der Waals surface area contributed by atoms with Crippen LogP contribution < -0.4 is 0 Å². The second kappa shape index (κ2) is 12.9. The Morgan fingerprint density at radius 1 is 1.16 bits per heavy atom. The topological polar surface area (TPSA) is 18.5 Å². The fourth-order valence-electron chi connectivity index (χ4n) is 2.99. The Hall–Kier alpha value is -0.310. The van der Waals surface area contributed by atoms with Crippen LogP contribution in [0, 0.1) is 17.8 Å². The lowest BCUT2D eigenvalue weighted by Gasteiger charge is -2.38. The number of hydrogen-bond donors (Lipinski definition) is 0. The van der Waals surface area contributed by atoms with Gasteiger partial charge in [-0.05, 0) is 49.0 Å². The Kier molecular flexibility index (Phi) is 12.8. The van der Waals surface area contributed by atoms with Gasteiger partial charge in [-0.25, -0.2) is 9.78 Å². The van der Waals surface area contributed by atoms with Crippen LogP contribution in [-0.4, -0.2) is 12.2 Å². The van der Waals surface area contributed by atoms with Crippen molar-refractivity contribution in [1.82, 2.24) is 0 Å². The molecule has 2 atom stereocenters. The van der Waals surface area contributed by atoms with Crippen LogP contribution in [0.3, 0.4) is 0 Å². The molecule has 0 amide bonds. The normalized spacial score (nSPS) is 16.7. The van der Waals surface area contributed by atoms with Gasteiger partial charge in [0.25, 0.3) is 0 Å². The highest BCUT2D eigenvalue weighted by atomic mass is 35.5. The Morgan fingerprint density at radius 3 is 2.24 bits per heavy atom. The molecule has 2 unspecified atom stereocenters. The second-order valence-electron chi connectivity index (χ2n) is 7.89. The minimum absolute atomic E-state index is 0.231. The van der Waals surface area contributed by atoms with Gasteiger partial charge < -0.3 is 0 Å². The van der Waals surface area contributed by atoms with Gasteiger partial charge in [0.2, 0.25) is 0 Å². The summed E-state index contributed by atoms with van der Waals surface area (Å²) in [6, 6.07) is 0. The van der Waals surface area contributed by atoms with Crippen LogP contribution in [-0.2, 0) is 9.78 Å². The van der Waals surface area contributed by atoms with Crippen molar-refractivity contribution in [1.29, 1.82) is 0 Å². The summed E-state index contributed by atoms with van der Waals surface area (Å²) in [5.74, 6) is 1.34. The zero-order valence-electron chi connectivity index (χ0n) is 17.7. The lowest BCUT2D eigenvalue weighted by Crippen LogP contribution is -2.40. The summed E-state index contributed by atoms with van der Waals surface area (Å²) in [6.45, 7) is 19.6. The van der Waals surface area contributed by atoms with Crippen molar-refractivity contribution >= 4 is 11.6 Å². The SMILES string of the molecule is C=CCOOC(CCCC)(C(Cl)=C(CCC(C)C)C(C)CC)C(C)C. The van der Waals surface area contributed by atoms with E-state index in [1.54, 1.807) is 6.08 Å². The highest BCUT2D eigenvalue weighted by molar-refractivity contribution is 6.31. The molecular formula is C22H41ClO2. The maximum atomic E-state index is 7.09. The summed E-state index contributed by atoms with van der Waals surface area (Å²) in [6.07, 6.45) is 7.99. The maximum Gasteiger partial charge on any atom is 0.141 e. The molecule has 0 rings (SSSR count). The maximum absolute atomic E-state index is 7.09. The highest BCUT2D eigenvalue weighted by Crippen LogP contribution is 2.43. The van der Waals surface area contributed by atoms with Crippen LogP contribution in [0.5, 0.6) is 0 Å². The third kappa shape index (κ3) is 7.85. The lowest BCUT2D eigenvalue weighted by molar-refractivity contribution is -0.355. The molecule has 0 spiro atoms. The quantitative estimate of drug-likeness (QED) is 0.135. The second-order valence-corrected chi connectivity index (χ2v) is 8.26. The monoisotopic (exact) mass is 372 g/mol. The van der Waals surface area contributed by atoms with Gasteiger partial charge >= 0.3 is 0 Å². The van der Waals surface area contributed by atoms with Gasteiger partial charge in [0.1, 0.15) is 12.2 Å². The van der Waals surface area contributed by atoms with Gasteiger partial charge in [-0.3, -0.25) is 0 Å². The predicted octanol–water partition coefficient (Wildman–Crippen LogP) is 7.68. The first-order valence-electron chi connectivity index (χ1n) is 10.1. The van der Waals surface area contributed by atoms with Gasteiger partial charge in [0.05, 0.1) is 5.03 Å². The standard InChI is InChI=1S/C22H41ClO2/c1-9-12-15-22(18(6)7,25-24-16-10-2)21(23)20(19(8)11-3)14-13-17(4)5/h10,17-19H,2,9,11-16H2,1,3-8H3. The number of allylic oxidation sites excluding steroid dienone is 1. The van der Waals surface area contributed by atoms with Gasteiger partial charge in [-0.1, -0.05) is 79.0 Å². The number of hydrogen-bond acceptors (Lipinski definition) is 2. The van der Waals surface area contributed by atoms with E-state index in [1.165, 1.54) is 5.57 Å². The Balaban J connectivity index is 5.93. The lowest BCUT2D eigenvalue weighted by atomic mass is 9.80. The molecule has 0 aliphatic rings. The van der Waals surface area contributed by atoms with E-state index in [1.807, 2.05) is 0 Å². The Bertz CT molecular complexity index is 401. The van der Waals surface area contributed by atoms with Gasteiger partial charge in [-0.15, -0.1) is 6.58 Å². The van der Waals surface area contributed by atoms with Gasteiger partial charge in [0.15, 0.2) is 0 Å². The van der Waals surface area contributed by atoms with Crippen molar-refractivity contribution in [2.45, 2.75) is 92.6 Å². The van der Waals surface area contributed by atoms with E-state index >= 15 is 0 Å². The molecule has 3 heteroatoms. The molecule has 0 bridgehead atoms. The largest absolute Gasteiger partial charge is 0.232 e. The third-order valence-electron chi connectivity index (χ3n) is 5.08. The average molecular weight is 373 g/mol. The van der Waals surface area contributed by atoms with Crippen LogP contribution in [0.4, 0.5) is 0 Å². The van der Waals surface area contributed by atoms with Crippen LogP contribution in [0.1, 0.15) is 87.0 Å². The molecular weight excluding hydrogens is 332 g/mol. The molecule has 2 nitrogen and oxygen atoms in total. The molecule has 0 fully saturated rings. The molecule has 0 aromatic rings. The molecule has 0 saturated carbocycles. The van der Waals surface area contributed by atoms with Crippen LogP contribution in [0.2, 0.25) is 0 Å². The molecule has 0 aliphatic carbocycles. The van der Waals surface area contributed by atoms with Crippen molar-refractivity contribution in [3.05, 3.63) is 23.3 Å². The fraction of sp³-hybridized carbons (Fsp3) is 0.818. The third-order valence-corrected chi connectivity index (χ3v) is 5.64. The molecule has 148 valence electrons. The van der Waals surface area contributed by atoms with E-state index in [-0.39, 0.29) is 5.92 Å². The van der Waals surface area contributed by atoms with Crippen LogP contribution in [0.25, 0.3) is 0 Å². The van der Waals surface area contributed by atoms with E-state index in [0.29, 0.717) is 18.4 Å². The van der Waals surface area contributed by atoms with E-state index in [0.717, 1.165) is 43.6 Å². The van der Waals surface area contributed by atoms with Crippen molar-refractivity contribution < 1.29 is 9.78 Å². The summed E-state index contributed by atoms with van der Waals surface area (Å²) in [5, 5.41) is 0.870. The Morgan fingerprint density at radius 2 is 1.80 bits per heavy atom. The number of rotatable bonds is 14. The van der Waals surface area contributed by atoms with E-state index in [2.05, 4.69) is 55.0 Å². The summed E-state index contributed by atoms with van der Waals surface area (Å²) in [4.78, 5) is 11.5. The molecule has 0 heterocycles. The summed E-state index contributed by atoms with van der Waals surface area (Å²) in [5.41, 5.74) is 0.765. The summed E-state index contributed by atoms with van der Waals surface area (Å²) in [7, 11) is 0. The zero-order valence-corrected chi connectivity index (χ0v) is 18.4. The number of halogens is 1. The summed E-state index contributed by atoms with van der Waals surface area (Å²) >= 11 is 7.09. The highest BCUT2D eigenvalue weighted by Gasteiger charge is 2.41. The summed E-state index contributed by atoms with van der Waals surface area (Å²) < 4.78 is 0. The smallest absolute Gasteiger partial charge is 0.141 e. The zero-order chi connectivity index (χ0) is 19.5. The fourth-order valence-corrected chi connectivity index (χ4v) is 3.61. The molecule has 0 aromatic heterocycles. The van der Waals surface area contributed by atoms with Crippen molar-refractivity contribution in [2.24, 2.45) is 17.8 Å². The minimum atomic E-state index is -0.573. The first-order chi connectivity index (χ1) is 11.8. The molecule has 0 saturated heterocycles. The molecule has 0 aliphatic heterocycles. The van der Waals surface area contributed by atoms with Crippen LogP contribution in [0.15, 0.2) is 23.3 Å². The molecule has 0 aromatic carbocycles. The van der Waals surface area contributed by atoms with E-state index in [4.69, 9.17) is 21.4 Å². The van der Waals surface area contributed by atoms with Crippen LogP contribution >= 0.6 is 11.6 Å². The predicted molar refractivity (Wildman–Crippen MR) is 111 cm³/mol. The molecule has 0 N–H and O–H groups in total. The minimum Gasteiger partial charge on any atom is -0.232 e. The Labute approximate surface area is 161 Å². The van der Waals surface area contributed by atoms with E-state index in [9.17, 15) is 0 Å². The van der Waals surface area contributed by atoms with Crippen molar-refractivity contribution in [2.75, 3.05) is 6.61 Å². The number of unbranched alkanes of at least 4 members (excludes halogenated alkanes) is 1. The van der Waals surface area contributed by atoms with Crippen molar-refractivity contribution in [3.63, 3.8) is 0 Å². The first-order valence-corrected chi connectivity index (χ1v) is 10.4. The molecule has 25 heavy (non-hydrogen) atoms. The molecule has 0 radical (unpaired) electrons. The van der Waals surface area contributed by atoms with Gasteiger partial charge in [0, 0.05) is 0 Å². The average Bonchev–Trinajstić information content (AvgIpc) is 2.57. The first kappa shape index (κ1) is 24.7.